The Labute approximate surface area is 158 Å². The molecule has 0 unspecified atom stereocenters. The van der Waals surface area contributed by atoms with Crippen LogP contribution < -0.4 is 14.4 Å². The summed E-state index contributed by atoms with van der Waals surface area (Å²) >= 11 is 0. The predicted octanol–water partition coefficient (Wildman–Crippen LogP) is 3.46. The number of aryl methyl sites for hydroxylation is 1. The number of methoxy groups -OCH3 is 1. The van der Waals surface area contributed by atoms with Crippen molar-refractivity contribution in [1.29, 1.82) is 0 Å². The van der Waals surface area contributed by atoms with Gasteiger partial charge in [0.15, 0.2) is 0 Å². The van der Waals surface area contributed by atoms with Gasteiger partial charge in [-0.15, -0.1) is 0 Å². The molecule has 2 aromatic rings. The Hall–Kier alpha value is -2.61. The molecule has 0 spiro atoms. The molecule has 1 amide bonds. The van der Waals surface area contributed by atoms with Crippen molar-refractivity contribution in [3.8, 4) is 5.75 Å². The number of nitrogens with one attached hydrogen (secondary N) is 1. The smallest absolute Gasteiger partial charge is 0.261 e. The Bertz CT molecular complexity index is 987. The normalized spacial score (nSPS) is 13.9. The average Bonchev–Trinajstić information content (AvgIpc) is 3.41. The number of halogens is 1. The zero-order valence-electron chi connectivity index (χ0n) is 15.3. The van der Waals surface area contributed by atoms with Gasteiger partial charge in [0.1, 0.15) is 11.6 Å². The zero-order chi connectivity index (χ0) is 19.8. The lowest BCUT2D eigenvalue weighted by atomic mass is 10.2. The Morgan fingerprint density at radius 1 is 1.22 bits per heavy atom. The Kier molecular flexibility index (Phi) is 5.10. The minimum Gasteiger partial charge on any atom is -0.496 e. The van der Waals surface area contributed by atoms with E-state index in [1.54, 1.807) is 13.0 Å². The second-order valence-electron chi connectivity index (χ2n) is 6.52. The van der Waals surface area contributed by atoms with E-state index < -0.39 is 15.8 Å². The fourth-order valence-electron chi connectivity index (χ4n) is 2.98. The molecule has 0 radical (unpaired) electrons. The van der Waals surface area contributed by atoms with Gasteiger partial charge in [-0.1, -0.05) is 0 Å². The van der Waals surface area contributed by atoms with Crippen LogP contribution in [-0.2, 0) is 14.8 Å². The molecule has 3 rings (SSSR count). The summed E-state index contributed by atoms with van der Waals surface area (Å²) < 4.78 is 47.0. The molecule has 1 aliphatic rings. The average molecular weight is 392 g/mol. The fourth-order valence-corrected chi connectivity index (χ4v) is 4.13. The SMILES string of the molecule is COc1ccc(S(=O)(=O)Nc2cc(F)ccc2N(C(C)=O)C2CC2)cc1C. The summed E-state index contributed by atoms with van der Waals surface area (Å²) in [4.78, 5) is 13.6. The number of amides is 1. The van der Waals surface area contributed by atoms with Crippen LogP contribution in [0.25, 0.3) is 0 Å². The number of ether oxygens (including phenoxy) is 1. The molecule has 0 aliphatic heterocycles. The fraction of sp³-hybridized carbons (Fsp3) is 0.316. The summed E-state index contributed by atoms with van der Waals surface area (Å²) in [6, 6.07) is 8.18. The Morgan fingerprint density at radius 3 is 2.48 bits per heavy atom. The molecule has 0 heterocycles. The lowest BCUT2D eigenvalue weighted by Gasteiger charge is -2.24. The predicted molar refractivity (Wildman–Crippen MR) is 101 cm³/mol. The van der Waals surface area contributed by atoms with E-state index in [4.69, 9.17) is 4.74 Å². The number of hydrogen-bond acceptors (Lipinski definition) is 4. The third-order valence-corrected chi connectivity index (χ3v) is 5.75. The maximum atomic E-state index is 13.8. The van der Waals surface area contributed by atoms with Gasteiger partial charge in [0, 0.05) is 19.0 Å². The van der Waals surface area contributed by atoms with Crippen molar-refractivity contribution in [1.82, 2.24) is 0 Å². The van der Waals surface area contributed by atoms with Crippen LogP contribution in [0.2, 0.25) is 0 Å². The van der Waals surface area contributed by atoms with Crippen molar-refractivity contribution >= 4 is 27.3 Å². The van der Waals surface area contributed by atoms with E-state index in [0.29, 0.717) is 17.0 Å². The molecule has 6 nitrogen and oxygen atoms in total. The van der Waals surface area contributed by atoms with Crippen molar-refractivity contribution in [3.05, 3.63) is 47.8 Å². The molecule has 8 heteroatoms. The van der Waals surface area contributed by atoms with Gasteiger partial charge in [-0.05, 0) is 55.7 Å². The molecule has 2 aromatic carbocycles. The van der Waals surface area contributed by atoms with Crippen LogP contribution in [0, 0.1) is 12.7 Å². The molecule has 144 valence electrons. The van der Waals surface area contributed by atoms with Gasteiger partial charge in [-0.25, -0.2) is 12.8 Å². The monoisotopic (exact) mass is 392 g/mol. The zero-order valence-corrected chi connectivity index (χ0v) is 16.1. The second kappa shape index (κ2) is 7.19. The number of anilines is 2. The number of hydrogen-bond donors (Lipinski definition) is 1. The standard InChI is InChI=1S/C19H21FN2O4S/c1-12-10-16(7-9-19(12)26-3)27(24,25)21-17-11-14(20)4-8-18(17)22(13(2)23)15-5-6-15/h4,7-11,15,21H,5-6H2,1-3H3. The molecule has 1 N–H and O–H groups in total. The largest absolute Gasteiger partial charge is 0.496 e. The molecule has 1 aliphatic carbocycles. The molecule has 1 fully saturated rings. The van der Waals surface area contributed by atoms with Gasteiger partial charge in [0.05, 0.1) is 23.4 Å². The van der Waals surface area contributed by atoms with Crippen molar-refractivity contribution in [2.24, 2.45) is 0 Å². The Balaban J connectivity index is 2.00. The van der Waals surface area contributed by atoms with E-state index in [1.165, 1.54) is 43.2 Å². The molecule has 1 saturated carbocycles. The van der Waals surface area contributed by atoms with Crippen LogP contribution in [0.5, 0.6) is 5.75 Å². The number of nitrogens with zero attached hydrogens (tertiary/aromatic N) is 1. The van der Waals surface area contributed by atoms with Crippen molar-refractivity contribution < 1.29 is 22.3 Å². The van der Waals surface area contributed by atoms with E-state index in [0.717, 1.165) is 18.9 Å². The minimum absolute atomic E-state index is 0.0134. The van der Waals surface area contributed by atoms with Crippen molar-refractivity contribution in [2.75, 3.05) is 16.7 Å². The number of carbonyl (C=O) groups excluding carboxylic acids is 1. The number of rotatable bonds is 6. The molecule has 27 heavy (non-hydrogen) atoms. The summed E-state index contributed by atoms with van der Waals surface area (Å²) in [5.41, 5.74) is 1.04. The highest BCUT2D eigenvalue weighted by Crippen LogP contribution is 2.37. The summed E-state index contributed by atoms with van der Waals surface area (Å²) in [5.74, 6) is -0.247. The second-order valence-corrected chi connectivity index (χ2v) is 8.20. The van der Waals surface area contributed by atoms with Crippen LogP contribution in [0.3, 0.4) is 0 Å². The van der Waals surface area contributed by atoms with E-state index in [1.807, 2.05) is 0 Å². The number of carbonyl (C=O) groups is 1. The quantitative estimate of drug-likeness (QED) is 0.817. The van der Waals surface area contributed by atoms with Gasteiger partial charge in [0.2, 0.25) is 5.91 Å². The third kappa shape index (κ3) is 4.05. The van der Waals surface area contributed by atoms with Gasteiger partial charge < -0.3 is 9.64 Å². The molecule has 0 saturated heterocycles. The van der Waals surface area contributed by atoms with E-state index in [-0.39, 0.29) is 22.5 Å². The van der Waals surface area contributed by atoms with Crippen LogP contribution >= 0.6 is 0 Å². The van der Waals surface area contributed by atoms with Crippen molar-refractivity contribution in [2.45, 2.75) is 37.6 Å². The first-order chi connectivity index (χ1) is 12.7. The highest BCUT2D eigenvalue weighted by Gasteiger charge is 2.34. The summed E-state index contributed by atoms with van der Waals surface area (Å²) in [7, 11) is -2.47. The summed E-state index contributed by atoms with van der Waals surface area (Å²) in [5, 5.41) is 0. The minimum atomic E-state index is -3.97. The topological polar surface area (TPSA) is 75.7 Å². The van der Waals surface area contributed by atoms with Crippen LogP contribution in [0.15, 0.2) is 41.3 Å². The van der Waals surface area contributed by atoms with Crippen LogP contribution in [0.1, 0.15) is 25.3 Å². The lowest BCUT2D eigenvalue weighted by Crippen LogP contribution is -2.31. The van der Waals surface area contributed by atoms with Crippen molar-refractivity contribution in [3.63, 3.8) is 0 Å². The van der Waals surface area contributed by atoms with E-state index >= 15 is 0 Å². The summed E-state index contributed by atoms with van der Waals surface area (Å²) in [6.07, 6.45) is 1.67. The molecular weight excluding hydrogens is 371 g/mol. The molecule has 0 aromatic heterocycles. The maximum absolute atomic E-state index is 13.8. The first-order valence-corrected chi connectivity index (χ1v) is 9.98. The highest BCUT2D eigenvalue weighted by molar-refractivity contribution is 7.92. The molecule has 0 atom stereocenters. The lowest BCUT2D eigenvalue weighted by molar-refractivity contribution is -0.116. The van der Waals surface area contributed by atoms with Gasteiger partial charge in [-0.2, -0.15) is 0 Å². The summed E-state index contributed by atoms with van der Waals surface area (Å²) in [6.45, 7) is 3.14. The van der Waals surface area contributed by atoms with Crippen LogP contribution in [-0.4, -0.2) is 27.5 Å². The molecule has 0 bridgehead atoms. The first kappa shape index (κ1) is 19.2. The first-order valence-electron chi connectivity index (χ1n) is 8.50. The van der Waals surface area contributed by atoms with E-state index in [2.05, 4.69) is 4.72 Å². The highest BCUT2D eigenvalue weighted by atomic mass is 32.2. The van der Waals surface area contributed by atoms with Gasteiger partial charge in [-0.3, -0.25) is 9.52 Å². The van der Waals surface area contributed by atoms with E-state index in [9.17, 15) is 17.6 Å². The maximum Gasteiger partial charge on any atom is 0.261 e. The number of benzene rings is 2. The van der Waals surface area contributed by atoms with Gasteiger partial charge >= 0.3 is 0 Å². The third-order valence-electron chi connectivity index (χ3n) is 4.39. The van der Waals surface area contributed by atoms with Crippen LogP contribution in [0.4, 0.5) is 15.8 Å². The number of sulfonamides is 1. The Morgan fingerprint density at radius 2 is 1.93 bits per heavy atom. The molecular formula is C19H21FN2O4S. The van der Waals surface area contributed by atoms with Gasteiger partial charge in [0.25, 0.3) is 10.0 Å².